The van der Waals surface area contributed by atoms with Crippen LogP contribution in [0.5, 0.6) is 0 Å². The number of nitro benzene ring substituents is 1. The highest BCUT2D eigenvalue weighted by atomic mass is 16.6. The van der Waals surface area contributed by atoms with Crippen molar-refractivity contribution in [1.82, 2.24) is 0 Å². The van der Waals surface area contributed by atoms with E-state index >= 15 is 0 Å². The molecule has 0 aliphatic carbocycles. The van der Waals surface area contributed by atoms with Crippen molar-refractivity contribution in [2.45, 2.75) is 20.3 Å². The fourth-order valence-corrected chi connectivity index (χ4v) is 1.97. The van der Waals surface area contributed by atoms with Gasteiger partial charge >= 0.3 is 5.97 Å². The Hall–Kier alpha value is -2.62. The summed E-state index contributed by atoms with van der Waals surface area (Å²) in [6.07, 6.45) is 0.511. The number of benzene rings is 1. The molecule has 0 aliphatic heterocycles. The third kappa shape index (κ3) is 4.76. The van der Waals surface area contributed by atoms with Crippen LogP contribution < -0.4 is 5.32 Å². The molecule has 0 aromatic heterocycles. The Balaban J connectivity index is 2.85. The zero-order valence-corrected chi connectivity index (χ0v) is 11.9. The topological polar surface area (TPSA) is 116 Å². The number of carboxylic acid groups (broad SMARTS) is 1. The van der Waals surface area contributed by atoms with E-state index in [0.29, 0.717) is 12.1 Å². The van der Waals surface area contributed by atoms with Gasteiger partial charge in [-0.25, -0.2) is 0 Å². The van der Waals surface area contributed by atoms with Crippen LogP contribution in [0.1, 0.15) is 25.8 Å². The van der Waals surface area contributed by atoms with Crippen LogP contribution in [0.3, 0.4) is 0 Å². The highest BCUT2D eigenvalue weighted by Crippen LogP contribution is 2.22. The Kier molecular flexibility index (Phi) is 5.67. The van der Waals surface area contributed by atoms with Gasteiger partial charge in [0.25, 0.3) is 5.69 Å². The molecule has 0 heterocycles. The van der Waals surface area contributed by atoms with Gasteiger partial charge in [-0.2, -0.15) is 5.26 Å². The molecular weight excluding hydrogens is 274 g/mol. The fraction of sp³-hybridized carbons (Fsp3) is 0.429. The largest absolute Gasteiger partial charge is 0.481 e. The lowest BCUT2D eigenvalue weighted by Gasteiger charge is -2.16. The second-order valence-corrected chi connectivity index (χ2v) is 5.14. The third-order valence-electron chi connectivity index (χ3n) is 2.98. The van der Waals surface area contributed by atoms with Gasteiger partial charge in [-0.3, -0.25) is 14.9 Å². The van der Waals surface area contributed by atoms with Crippen LogP contribution in [-0.2, 0) is 4.79 Å². The van der Waals surface area contributed by atoms with Gasteiger partial charge in [0.1, 0.15) is 6.07 Å². The van der Waals surface area contributed by atoms with Crippen molar-refractivity contribution in [2.75, 3.05) is 11.9 Å². The molecule has 0 spiro atoms. The van der Waals surface area contributed by atoms with Crippen LogP contribution in [0, 0.1) is 33.3 Å². The average molecular weight is 291 g/mol. The molecule has 21 heavy (non-hydrogen) atoms. The van der Waals surface area contributed by atoms with Gasteiger partial charge in [0.05, 0.1) is 22.1 Å². The van der Waals surface area contributed by atoms with E-state index in [-0.39, 0.29) is 23.7 Å². The lowest BCUT2D eigenvalue weighted by Crippen LogP contribution is -2.24. The summed E-state index contributed by atoms with van der Waals surface area (Å²) in [5.74, 6) is -1.25. The summed E-state index contributed by atoms with van der Waals surface area (Å²) >= 11 is 0. The Labute approximate surface area is 122 Å². The quantitative estimate of drug-likeness (QED) is 0.589. The number of nitrogens with zero attached hydrogens (tertiary/aromatic N) is 2. The van der Waals surface area contributed by atoms with Crippen molar-refractivity contribution < 1.29 is 14.8 Å². The van der Waals surface area contributed by atoms with Crippen molar-refractivity contribution in [1.29, 1.82) is 5.26 Å². The number of nitro groups is 1. The summed E-state index contributed by atoms with van der Waals surface area (Å²) in [6.45, 7) is 4.03. The average Bonchev–Trinajstić information content (AvgIpc) is 2.42. The molecule has 1 aromatic rings. The lowest BCUT2D eigenvalue weighted by molar-refractivity contribution is -0.384. The summed E-state index contributed by atoms with van der Waals surface area (Å²) in [6, 6.07) is 5.74. The number of hydrogen-bond donors (Lipinski definition) is 2. The normalized spacial score (nSPS) is 11.7. The van der Waals surface area contributed by atoms with Crippen molar-refractivity contribution in [2.24, 2.45) is 11.8 Å². The van der Waals surface area contributed by atoms with Crippen molar-refractivity contribution in [3.05, 3.63) is 33.9 Å². The van der Waals surface area contributed by atoms with Crippen LogP contribution in [0.15, 0.2) is 18.2 Å². The highest BCUT2D eigenvalue weighted by molar-refractivity contribution is 5.71. The van der Waals surface area contributed by atoms with Gasteiger partial charge in [0.15, 0.2) is 0 Å². The summed E-state index contributed by atoms with van der Waals surface area (Å²) < 4.78 is 0. The first kappa shape index (κ1) is 16.4. The summed E-state index contributed by atoms with van der Waals surface area (Å²) in [7, 11) is 0. The highest BCUT2D eigenvalue weighted by Gasteiger charge is 2.19. The number of non-ortho nitro benzene ring substituents is 1. The van der Waals surface area contributed by atoms with Gasteiger partial charge in [-0.05, 0) is 18.4 Å². The molecule has 0 amide bonds. The molecule has 7 heteroatoms. The molecule has 1 atom stereocenters. The Morgan fingerprint density at radius 1 is 1.52 bits per heavy atom. The monoisotopic (exact) mass is 291 g/mol. The Morgan fingerprint density at radius 3 is 2.67 bits per heavy atom. The van der Waals surface area contributed by atoms with Gasteiger partial charge in [-0.1, -0.05) is 13.8 Å². The van der Waals surface area contributed by atoms with E-state index in [1.807, 2.05) is 19.9 Å². The molecule has 0 radical (unpaired) electrons. The molecule has 112 valence electrons. The number of carboxylic acids is 1. The van der Waals surface area contributed by atoms with E-state index in [2.05, 4.69) is 5.32 Å². The molecular formula is C14H17N3O4. The number of nitriles is 1. The van der Waals surface area contributed by atoms with E-state index < -0.39 is 16.8 Å². The smallest absolute Gasteiger partial charge is 0.308 e. The molecule has 0 saturated heterocycles. The first-order valence-electron chi connectivity index (χ1n) is 6.50. The summed E-state index contributed by atoms with van der Waals surface area (Å²) in [5, 5.41) is 31.7. The maximum Gasteiger partial charge on any atom is 0.308 e. The van der Waals surface area contributed by atoms with Crippen LogP contribution in [0.25, 0.3) is 0 Å². The number of rotatable bonds is 7. The summed E-state index contributed by atoms with van der Waals surface area (Å²) in [4.78, 5) is 21.2. The van der Waals surface area contributed by atoms with E-state index in [9.17, 15) is 14.9 Å². The molecule has 1 aromatic carbocycles. The van der Waals surface area contributed by atoms with Crippen LogP contribution in [0.4, 0.5) is 11.4 Å². The minimum Gasteiger partial charge on any atom is -0.481 e. The number of hydrogen-bond acceptors (Lipinski definition) is 5. The first-order valence-corrected chi connectivity index (χ1v) is 6.50. The second kappa shape index (κ2) is 7.24. The molecule has 1 unspecified atom stereocenters. The van der Waals surface area contributed by atoms with E-state index in [4.69, 9.17) is 10.4 Å². The predicted molar refractivity (Wildman–Crippen MR) is 76.9 cm³/mol. The number of nitrogens with one attached hydrogen (secondary N) is 1. The Bertz CT molecular complexity index is 578. The SMILES string of the molecule is CC(C)CC(CNc1ccc([N+](=O)[O-])cc1C#N)C(=O)O. The van der Waals surface area contributed by atoms with E-state index in [1.165, 1.54) is 18.2 Å². The standard InChI is InChI=1S/C14H17N3O4/c1-9(2)5-11(14(18)19)8-16-13-4-3-12(17(20)21)6-10(13)7-15/h3-4,6,9,11,16H,5,8H2,1-2H3,(H,18,19). The van der Waals surface area contributed by atoms with Gasteiger partial charge in [0, 0.05) is 18.7 Å². The lowest BCUT2D eigenvalue weighted by atomic mass is 9.97. The molecule has 1 rings (SSSR count). The van der Waals surface area contributed by atoms with Crippen molar-refractivity contribution in [3.63, 3.8) is 0 Å². The van der Waals surface area contributed by atoms with Crippen LogP contribution >= 0.6 is 0 Å². The summed E-state index contributed by atoms with van der Waals surface area (Å²) in [5.41, 5.74) is 0.352. The minimum absolute atomic E-state index is 0.123. The molecule has 0 saturated carbocycles. The maximum absolute atomic E-state index is 11.2. The van der Waals surface area contributed by atoms with E-state index in [1.54, 1.807) is 0 Å². The second-order valence-electron chi connectivity index (χ2n) is 5.14. The molecule has 0 bridgehead atoms. The van der Waals surface area contributed by atoms with Crippen molar-refractivity contribution >= 4 is 17.3 Å². The van der Waals surface area contributed by atoms with Gasteiger partial charge < -0.3 is 10.4 Å². The molecule has 0 fully saturated rings. The number of carbonyl (C=O) groups is 1. The predicted octanol–water partition coefficient (Wildman–Crippen LogP) is 2.63. The van der Waals surface area contributed by atoms with Crippen LogP contribution in [0.2, 0.25) is 0 Å². The zero-order valence-electron chi connectivity index (χ0n) is 11.9. The molecule has 2 N–H and O–H groups in total. The third-order valence-corrected chi connectivity index (χ3v) is 2.98. The minimum atomic E-state index is -0.906. The van der Waals surface area contributed by atoms with Gasteiger partial charge in [0.2, 0.25) is 0 Å². The number of aliphatic carboxylic acids is 1. The fourth-order valence-electron chi connectivity index (χ4n) is 1.97. The maximum atomic E-state index is 11.2. The molecule has 0 aliphatic rings. The molecule has 7 nitrogen and oxygen atoms in total. The van der Waals surface area contributed by atoms with Crippen molar-refractivity contribution in [3.8, 4) is 6.07 Å². The van der Waals surface area contributed by atoms with Gasteiger partial charge in [-0.15, -0.1) is 0 Å². The zero-order chi connectivity index (χ0) is 16.0. The van der Waals surface area contributed by atoms with Crippen LogP contribution in [-0.4, -0.2) is 22.5 Å². The Morgan fingerprint density at radius 2 is 2.19 bits per heavy atom. The number of anilines is 1. The first-order chi connectivity index (χ1) is 9.85. The van der Waals surface area contributed by atoms with E-state index in [0.717, 1.165) is 0 Å².